The number of nitrogens with one attached hydrogen (secondary N) is 2. The number of anilines is 1. The van der Waals surface area contributed by atoms with Crippen molar-refractivity contribution in [2.75, 3.05) is 24.3 Å². The molecule has 0 bridgehead atoms. The van der Waals surface area contributed by atoms with Crippen LogP contribution in [0.3, 0.4) is 0 Å². The number of benzene rings is 2. The highest BCUT2D eigenvalue weighted by atomic mass is 32.2. The molecule has 2 heterocycles. The number of thioether (sulfide) groups is 1. The van der Waals surface area contributed by atoms with Gasteiger partial charge in [-0.2, -0.15) is 0 Å². The second-order valence-electron chi connectivity index (χ2n) is 9.30. The third-order valence-corrected chi connectivity index (χ3v) is 8.24. The molecule has 230 valence electrons. The standard InChI is InChI=1S/C30H30FN5O6S2/c1-5-41-28(39)24-18(4)25(29(40)42-6-2)44-27(24)33-23(37)16-43-30-35-34-22(36(30)21-12-7-9-17(3)13-21)15-32-26(38)19-10-8-11-20(31)14-19/h7-14H,5-6,15-16H2,1-4H3,(H,32,38)(H,33,37). The Kier molecular flexibility index (Phi) is 10.8. The fraction of sp³-hybridized carbons (Fsp3) is 0.267. The molecule has 2 aromatic heterocycles. The zero-order chi connectivity index (χ0) is 31.8. The van der Waals surface area contributed by atoms with Crippen LogP contribution in [0, 0.1) is 19.7 Å². The van der Waals surface area contributed by atoms with E-state index < -0.39 is 29.6 Å². The highest BCUT2D eigenvalue weighted by Crippen LogP contribution is 2.35. The van der Waals surface area contributed by atoms with Crippen LogP contribution in [0.15, 0.2) is 53.7 Å². The predicted molar refractivity (Wildman–Crippen MR) is 164 cm³/mol. The van der Waals surface area contributed by atoms with Gasteiger partial charge in [-0.25, -0.2) is 14.0 Å². The van der Waals surface area contributed by atoms with Crippen molar-refractivity contribution < 1.29 is 33.0 Å². The zero-order valence-electron chi connectivity index (χ0n) is 24.4. The third-order valence-electron chi connectivity index (χ3n) is 6.13. The van der Waals surface area contributed by atoms with Gasteiger partial charge in [-0.05, 0) is 69.2 Å². The lowest BCUT2D eigenvalue weighted by molar-refractivity contribution is -0.113. The van der Waals surface area contributed by atoms with Gasteiger partial charge < -0.3 is 20.1 Å². The number of aromatic nitrogens is 3. The Bertz CT molecular complexity index is 1700. The topological polar surface area (TPSA) is 142 Å². The molecule has 11 nitrogen and oxygen atoms in total. The molecule has 0 fully saturated rings. The lowest BCUT2D eigenvalue weighted by Gasteiger charge is -2.12. The third kappa shape index (κ3) is 7.68. The van der Waals surface area contributed by atoms with E-state index in [4.69, 9.17) is 9.47 Å². The van der Waals surface area contributed by atoms with E-state index in [0.29, 0.717) is 22.2 Å². The Morgan fingerprint density at radius 3 is 2.41 bits per heavy atom. The van der Waals surface area contributed by atoms with Crippen LogP contribution in [0.1, 0.15) is 61.2 Å². The van der Waals surface area contributed by atoms with Crippen LogP contribution in [0.2, 0.25) is 0 Å². The van der Waals surface area contributed by atoms with E-state index in [-0.39, 0.29) is 46.5 Å². The van der Waals surface area contributed by atoms with Gasteiger partial charge in [0.1, 0.15) is 15.7 Å². The number of carbonyl (C=O) groups is 4. The molecule has 0 unspecified atom stereocenters. The first-order valence-electron chi connectivity index (χ1n) is 13.6. The van der Waals surface area contributed by atoms with Crippen LogP contribution in [0.25, 0.3) is 5.69 Å². The second kappa shape index (κ2) is 14.8. The number of hydrogen-bond donors (Lipinski definition) is 2. The Balaban J connectivity index is 1.54. The lowest BCUT2D eigenvalue weighted by atomic mass is 10.1. The molecule has 0 saturated carbocycles. The highest BCUT2D eigenvalue weighted by molar-refractivity contribution is 7.99. The average molecular weight is 640 g/mol. The molecule has 0 aliphatic heterocycles. The van der Waals surface area contributed by atoms with Crippen LogP contribution in [0.4, 0.5) is 9.39 Å². The number of amides is 2. The summed E-state index contributed by atoms with van der Waals surface area (Å²) in [6.07, 6.45) is 0. The molecule has 44 heavy (non-hydrogen) atoms. The molecule has 0 atom stereocenters. The van der Waals surface area contributed by atoms with Crippen molar-refractivity contribution >= 4 is 51.9 Å². The van der Waals surface area contributed by atoms with Crippen molar-refractivity contribution in [3.63, 3.8) is 0 Å². The summed E-state index contributed by atoms with van der Waals surface area (Å²) in [5, 5.41) is 14.5. The van der Waals surface area contributed by atoms with E-state index in [2.05, 4.69) is 20.8 Å². The quantitative estimate of drug-likeness (QED) is 0.160. The Hall–Kier alpha value is -4.56. The number of hydrogen-bond acceptors (Lipinski definition) is 10. The van der Waals surface area contributed by atoms with Crippen molar-refractivity contribution in [1.82, 2.24) is 20.1 Å². The van der Waals surface area contributed by atoms with Gasteiger partial charge in [0.05, 0.1) is 31.1 Å². The molecule has 2 aromatic carbocycles. The molecule has 0 aliphatic carbocycles. The summed E-state index contributed by atoms with van der Waals surface area (Å²) in [6, 6.07) is 12.9. The maximum Gasteiger partial charge on any atom is 0.348 e. The number of ether oxygens (including phenoxy) is 2. The van der Waals surface area contributed by atoms with Crippen LogP contribution >= 0.6 is 23.1 Å². The van der Waals surface area contributed by atoms with E-state index in [1.54, 1.807) is 25.3 Å². The first kappa shape index (κ1) is 32.4. The maximum atomic E-state index is 13.6. The van der Waals surface area contributed by atoms with Gasteiger partial charge >= 0.3 is 11.9 Å². The summed E-state index contributed by atoms with van der Waals surface area (Å²) in [7, 11) is 0. The molecular formula is C30H30FN5O6S2. The first-order valence-corrected chi connectivity index (χ1v) is 15.4. The van der Waals surface area contributed by atoms with Gasteiger partial charge in [-0.15, -0.1) is 21.5 Å². The predicted octanol–water partition coefficient (Wildman–Crippen LogP) is 5.10. The zero-order valence-corrected chi connectivity index (χ0v) is 26.1. The summed E-state index contributed by atoms with van der Waals surface area (Å²) in [6.45, 7) is 7.11. The minimum atomic E-state index is -0.663. The number of nitrogens with zero attached hydrogens (tertiary/aromatic N) is 3. The summed E-state index contributed by atoms with van der Waals surface area (Å²) < 4.78 is 25.6. The number of carbonyl (C=O) groups excluding carboxylic acids is 4. The number of esters is 2. The Morgan fingerprint density at radius 1 is 0.977 bits per heavy atom. The second-order valence-corrected chi connectivity index (χ2v) is 11.3. The fourth-order valence-electron chi connectivity index (χ4n) is 4.16. The average Bonchev–Trinajstić information content (AvgIpc) is 3.55. The van der Waals surface area contributed by atoms with Crippen LogP contribution in [0.5, 0.6) is 0 Å². The molecule has 4 rings (SSSR count). The Morgan fingerprint density at radius 2 is 1.70 bits per heavy atom. The van der Waals surface area contributed by atoms with Crippen LogP contribution < -0.4 is 10.6 Å². The van der Waals surface area contributed by atoms with E-state index >= 15 is 0 Å². The van der Waals surface area contributed by atoms with Gasteiger partial charge in [0, 0.05) is 11.3 Å². The number of aryl methyl sites for hydroxylation is 1. The summed E-state index contributed by atoms with van der Waals surface area (Å²) in [5.41, 5.74) is 2.30. The van der Waals surface area contributed by atoms with Crippen molar-refractivity contribution in [3.05, 3.63) is 87.3 Å². The molecule has 0 aliphatic rings. The largest absolute Gasteiger partial charge is 0.462 e. The monoisotopic (exact) mass is 639 g/mol. The molecular weight excluding hydrogens is 609 g/mol. The van der Waals surface area contributed by atoms with Crippen molar-refractivity contribution in [2.45, 2.75) is 39.4 Å². The molecule has 2 amide bonds. The normalized spacial score (nSPS) is 10.8. The number of rotatable bonds is 12. The lowest BCUT2D eigenvalue weighted by Crippen LogP contribution is -2.24. The summed E-state index contributed by atoms with van der Waals surface area (Å²) in [4.78, 5) is 51.1. The van der Waals surface area contributed by atoms with Gasteiger partial charge in [0.15, 0.2) is 11.0 Å². The SMILES string of the molecule is CCOC(=O)c1sc(NC(=O)CSc2nnc(CNC(=O)c3cccc(F)c3)n2-c2cccc(C)c2)c(C(=O)OCC)c1C. The van der Waals surface area contributed by atoms with E-state index in [1.165, 1.54) is 18.2 Å². The maximum absolute atomic E-state index is 13.6. The Labute approximate surface area is 261 Å². The van der Waals surface area contributed by atoms with E-state index in [0.717, 1.165) is 34.7 Å². The van der Waals surface area contributed by atoms with Gasteiger partial charge in [-0.1, -0.05) is 30.0 Å². The summed E-state index contributed by atoms with van der Waals surface area (Å²) in [5.74, 6) is -2.46. The van der Waals surface area contributed by atoms with Crippen LogP contribution in [-0.2, 0) is 20.8 Å². The van der Waals surface area contributed by atoms with Crippen molar-refractivity contribution in [1.29, 1.82) is 0 Å². The molecule has 2 N–H and O–H groups in total. The van der Waals surface area contributed by atoms with Gasteiger partial charge in [0.25, 0.3) is 5.91 Å². The summed E-state index contributed by atoms with van der Waals surface area (Å²) >= 11 is 2.03. The molecule has 0 spiro atoms. The fourth-order valence-corrected chi connectivity index (χ4v) is 6.04. The van der Waals surface area contributed by atoms with Gasteiger partial charge in [-0.3, -0.25) is 14.2 Å². The van der Waals surface area contributed by atoms with Crippen molar-refractivity contribution in [2.24, 2.45) is 0 Å². The minimum absolute atomic E-state index is 0.0168. The number of thiophene rings is 1. The molecule has 0 saturated heterocycles. The molecule has 0 radical (unpaired) electrons. The number of halogens is 1. The van der Waals surface area contributed by atoms with Gasteiger partial charge in [0.2, 0.25) is 5.91 Å². The highest BCUT2D eigenvalue weighted by Gasteiger charge is 2.27. The van der Waals surface area contributed by atoms with E-state index in [9.17, 15) is 23.6 Å². The van der Waals surface area contributed by atoms with Crippen LogP contribution in [-0.4, -0.2) is 57.5 Å². The van der Waals surface area contributed by atoms with E-state index in [1.807, 2.05) is 31.2 Å². The first-order chi connectivity index (χ1) is 21.1. The van der Waals surface area contributed by atoms with Crippen molar-refractivity contribution in [3.8, 4) is 5.69 Å². The smallest absolute Gasteiger partial charge is 0.348 e. The molecule has 14 heteroatoms. The molecule has 4 aromatic rings. The minimum Gasteiger partial charge on any atom is -0.462 e.